The number of hydrogen-bond donors (Lipinski definition) is 1. The average molecular weight is 579 g/mol. The van der Waals surface area contributed by atoms with Crippen LogP contribution in [0.4, 0.5) is 0 Å². The molecule has 1 saturated heterocycles. The van der Waals surface area contributed by atoms with E-state index in [0.29, 0.717) is 6.61 Å². The number of aryl methyl sites for hydroxylation is 1. The number of ether oxygens (including phenoxy) is 1. The standard InChI is InChI=1S/C35H42N6O2/c1-25-33(41(30-15-8-5-9-16-30)38-35(25)29-21-36-39(2)22-29)20-34(42)37-32-24-40(17-18-43-3)23-31(32)28-14-10-13-27(19-28)26-11-6-4-7-12-26/h5,8-11,13-16,19,21-22,31-32H,4,6-7,12,17-18,20,23-24H2,1-3H3,(H,37,42)/t31-,32+/m0/s1. The number of carbonyl (C=O) groups is 1. The van der Waals surface area contributed by atoms with Gasteiger partial charge in [0.25, 0.3) is 0 Å². The third-order valence-corrected chi connectivity index (χ3v) is 8.88. The lowest BCUT2D eigenvalue weighted by Gasteiger charge is -2.22. The molecule has 6 rings (SSSR count). The molecule has 1 aliphatic carbocycles. The van der Waals surface area contributed by atoms with Gasteiger partial charge >= 0.3 is 0 Å². The maximum Gasteiger partial charge on any atom is 0.226 e. The fourth-order valence-corrected chi connectivity index (χ4v) is 6.59. The molecule has 4 aromatic rings. The van der Waals surface area contributed by atoms with E-state index in [9.17, 15) is 4.79 Å². The van der Waals surface area contributed by atoms with E-state index in [4.69, 9.17) is 9.84 Å². The fraction of sp³-hybridized carbons (Fsp3) is 0.400. The number of nitrogens with zero attached hydrogens (tertiary/aromatic N) is 5. The van der Waals surface area contributed by atoms with Crippen LogP contribution in [0.25, 0.3) is 22.5 Å². The number of hydrogen-bond acceptors (Lipinski definition) is 5. The van der Waals surface area contributed by atoms with E-state index < -0.39 is 0 Å². The number of nitrogens with one attached hydrogen (secondary N) is 1. The predicted octanol–water partition coefficient (Wildman–Crippen LogP) is 5.31. The normalized spacial score (nSPS) is 19.0. The first-order valence-electron chi connectivity index (χ1n) is 15.4. The molecule has 3 heterocycles. The molecule has 8 heteroatoms. The molecule has 43 heavy (non-hydrogen) atoms. The second kappa shape index (κ2) is 13.1. The van der Waals surface area contributed by atoms with Crippen molar-refractivity contribution >= 4 is 11.5 Å². The van der Waals surface area contributed by atoms with E-state index in [-0.39, 0.29) is 24.3 Å². The predicted molar refractivity (Wildman–Crippen MR) is 170 cm³/mol. The van der Waals surface area contributed by atoms with E-state index in [0.717, 1.165) is 60.7 Å². The number of benzene rings is 2. The monoisotopic (exact) mass is 578 g/mol. The minimum absolute atomic E-state index is 0.00568. The van der Waals surface area contributed by atoms with Gasteiger partial charge in [-0.15, -0.1) is 0 Å². The van der Waals surface area contributed by atoms with Crippen LogP contribution < -0.4 is 5.32 Å². The number of carbonyl (C=O) groups excluding carboxylic acids is 1. The average Bonchev–Trinajstić information content (AvgIpc) is 3.74. The molecule has 2 aliphatic rings. The van der Waals surface area contributed by atoms with Gasteiger partial charge in [0.1, 0.15) is 0 Å². The molecule has 0 bridgehead atoms. The van der Waals surface area contributed by atoms with Crippen LogP contribution in [-0.4, -0.2) is 69.8 Å². The molecule has 1 N–H and O–H groups in total. The summed E-state index contributed by atoms with van der Waals surface area (Å²) in [4.78, 5) is 16.3. The molecule has 1 fully saturated rings. The van der Waals surface area contributed by atoms with Crippen LogP contribution >= 0.6 is 0 Å². The third-order valence-electron chi connectivity index (χ3n) is 8.88. The van der Waals surface area contributed by atoms with Crippen molar-refractivity contribution in [3.05, 3.63) is 95.5 Å². The summed E-state index contributed by atoms with van der Waals surface area (Å²) in [6.07, 6.45) is 11.3. The Kier molecular flexibility index (Phi) is 8.86. The quantitative estimate of drug-likeness (QED) is 0.276. The second-order valence-corrected chi connectivity index (χ2v) is 11.9. The summed E-state index contributed by atoms with van der Waals surface area (Å²) >= 11 is 0. The van der Waals surface area contributed by atoms with Crippen molar-refractivity contribution in [2.45, 2.75) is 51.0 Å². The van der Waals surface area contributed by atoms with Crippen molar-refractivity contribution < 1.29 is 9.53 Å². The van der Waals surface area contributed by atoms with Crippen molar-refractivity contribution in [1.29, 1.82) is 0 Å². The second-order valence-electron chi connectivity index (χ2n) is 11.9. The summed E-state index contributed by atoms with van der Waals surface area (Å²) in [5.74, 6) is 0.212. The number of methoxy groups -OCH3 is 1. The van der Waals surface area contributed by atoms with Gasteiger partial charge in [-0.3, -0.25) is 14.4 Å². The number of aromatic nitrogens is 4. The van der Waals surface area contributed by atoms with Gasteiger partial charge in [0, 0.05) is 57.5 Å². The van der Waals surface area contributed by atoms with Crippen LogP contribution in [-0.2, 0) is 23.0 Å². The summed E-state index contributed by atoms with van der Waals surface area (Å²) in [6, 6.07) is 19.0. The first-order valence-corrected chi connectivity index (χ1v) is 15.4. The first kappa shape index (κ1) is 29.1. The minimum atomic E-state index is 0.00568. The van der Waals surface area contributed by atoms with Crippen LogP contribution in [0, 0.1) is 6.92 Å². The van der Waals surface area contributed by atoms with Gasteiger partial charge in [0.15, 0.2) is 0 Å². The first-order chi connectivity index (χ1) is 21.0. The highest BCUT2D eigenvalue weighted by Gasteiger charge is 2.35. The van der Waals surface area contributed by atoms with Gasteiger partial charge in [0.2, 0.25) is 5.91 Å². The van der Waals surface area contributed by atoms with Gasteiger partial charge < -0.3 is 10.1 Å². The highest BCUT2D eigenvalue weighted by molar-refractivity contribution is 5.80. The molecule has 1 amide bonds. The zero-order chi connectivity index (χ0) is 29.8. The molecule has 0 radical (unpaired) electrons. The topological polar surface area (TPSA) is 77.2 Å². The Hall–Kier alpha value is -4.01. The van der Waals surface area contributed by atoms with Gasteiger partial charge in [0.05, 0.1) is 36.3 Å². The molecule has 224 valence electrons. The highest BCUT2D eigenvalue weighted by Crippen LogP contribution is 2.33. The maximum atomic E-state index is 13.8. The van der Waals surface area contributed by atoms with Crippen LogP contribution in [0.3, 0.4) is 0 Å². The van der Waals surface area contributed by atoms with Crippen LogP contribution in [0.1, 0.15) is 54.0 Å². The summed E-state index contributed by atoms with van der Waals surface area (Å²) in [5.41, 5.74) is 8.66. The van der Waals surface area contributed by atoms with Crippen molar-refractivity contribution in [3.8, 4) is 16.9 Å². The van der Waals surface area contributed by atoms with Crippen LogP contribution in [0.15, 0.2) is 73.1 Å². The van der Waals surface area contributed by atoms with E-state index in [1.807, 2.05) is 61.4 Å². The zero-order valence-electron chi connectivity index (χ0n) is 25.5. The van der Waals surface area contributed by atoms with E-state index >= 15 is 0 Å². The zero-order valence-corrected chi connectivity index (χ0v) is 25.5. The van der Waals surface area contributed by atoms with Crippen molar-refractivity contribution in [2.75, 3.05) is 33.4 Å². The largest absolute Gasteiger partial charge is 0.383 e. The van der Waals surface area contributed by atoms with Crippen molar-refractivity contribution in [1.82, 2.24) is 29.8 Å². The van der Waals surface area contributed by atoms with Crippen molar-refractivity contribution in [3.63, 3.8) is 0 Å². The Morgan fingerprint density at radius 3 is 2.67 bits per heavy atom. The molecule has 2 aromatic heterocycles. The Bertz CT molecular complexity index is 1590. The minimum Gasteiger partial charge on any atom is -0.383 e. The smallest absolute Gasteiger partial charge is 0.226 e. The molecule has 0 spiro atoms. The van der Waals surface area contributed by atoms with Crippen LogP contribution in [0.2, 0.25) is 0 Å². The molecule has 8 nitrogen and oxygen atoms in total. The van der Waals surface area contributed by atoms with E-state index in [1.54, 1.807) is 11.8 Å². The number of likely N-dealkylation sites (tertiary alicyclic amines) is 1. The summed E-state index contributed by atoms with van der Waals surface area (Å²) < 4.78 is 9.08. The number of rotatable bonds is 10. The lowest BCUT2D eigenvalue weighted by atomic mass is 9.88. The van der Waals surface area contributed by atoms with Crippen LogP contribution in [0.5, 0.6) is 0 Å². The molecule has 2 aromatic carbocycles. The molecule has 2 atom stereocenters. The summed E-state index contributed by atoms with van der Waals surface area (Å²) in [5, 5.41) is 12.8. The Morgan fingerprint density at radius 2 is 1.93 bits per heavy atom. The third kappa shape index (κ3) is 6.50. The maximum absolute atomic E-state index is 13.8. The Balaban J connectivity index is 1.26. The van der Waals surface area contributed by atoms with Gasteiger partial charge in [-0.25, -0.2) is 4.68 Å². The SMILES string of the molecule is COCCN1C[C@@H](NC(=O)Cc2c(C)c(-c3cnn(C)c3)nn2-c2ccccc2)[C@H](c2cccc(C3=CCCCC3)c2)C1. The molecular weight excluding hydrogens is 536 g/mol. The highest BCUT2D eigenvalue weighted by atomic mass is 16.5. The molecular formula is C35H42N6O2. The summed E-state index contributed by atoms with van der Waals surface area (Å²) in [7, 11) is 3.64. The van der Waals surface area contributed by atoms with Gasteiger partial charge in [-0.2, -0.15) is 10.2 Å². The lowest BCUT2D eigenvalue weighted by Crippen LogP contribution is -2.41. The lowest BCUT2D eigenvalue weighted by molar-refractivity contribution is -0.121. The number of amides is 1. The number of allylic oxidation sites excluding steroid dienone is 2. The van der Waals surface area contributed by atoms with E-state index in [2.05, 4.69) is 45.7 Å². The molecule has 1 aliphatic heterocycles. The fourth-order valence-electron chi connectivity index (χ4n) is 6.59. The summed E-state index contributed by atoms with van der Waals surface area (Å²) in [6.45, 7) is 5.26. The van der Waals surface area contributed by atoms with Crippen molar-refractivity contribution in [2.24, 2.45) is 7.05 Å². The molecule has 0 saturated carbocycles. The van der Waals surface area contributed by atoms with E-state index in [1.165, 1.54) is 29.5 Å². The molecule has 0 unspecified atom stereocenters. The number of para-hydroxylation sites is 1. The van der Waals surface area contributed by atoms with Gasteiger partial charge in [-0.05, 0) is 67.0 Å². The van der Waals surface area contributed by atoms with Gasteiger partial charge in [-0.1, -0.05) is 48.5 Å². The Morgan fingerprint density at radius 1 is 1.07 bits per heavy atom. The Labute approximate surface area is 254 Å².